The number of carboxylic acid groups (broad SMARTS) is 1. The van der Waals surface area contributed by atoms with E-state index in [1.54, 1.807) is 18.2 Å². The smallest absolute Gasteiger partial charge is 0.307 e. The van der Waals surface area contributed by atoms with Gasteiger partial charge in [-0.15, -0.1) is 0 Å². The van der Waals surface area contributed by atoms with Crippen LogP contribution in [0.15, 0.2) is 48.5 Å². The number of fused-ring (bicyclic) bond motifs is 1. The Hall–Kier alpha value is -3.08. The molecule has 0 aliphatic heterocycles. The second kappa shape index (κ2) is 5.96. The van der Waals surface area contributed by atoms with E-state index in [9.17, 15) is 9.59 Å². The molecule has 0 spiro atoms. The fourth-order valence-corrected chi connectivity index (χ4v) is 2.64. The number of hydrogen-bond donors (Lipinski definition) is 3. The van der Waals surface area contributed by atoms with E-state index in [1.807, 2.05) is 37.3 Å². The van der Waals surface area contributed by atoms with Crippen LogP contribution in [0, 0.1) is 6.92 Å². The van der Waals surface area contributed by atoms with Gasteiger partial charge >= 0.3 is 5.97 Å². The Morgan fingerprint density at radius 3 is 2.57 bits per heavy atom. The minimum atomic E-state index is -0.865. The summed E-state index contributed by atoms with van der Waals surface area (Å²) in [4.78, 5) is 26.3. The van der Waals surface area contributed by atoms with E-state index in [4.69, 9.17) is 5.11 Å². The normalized spacial score (nSPS) is 10.7. The Morgan fingerprint density at radius 2 is 1.87 bits per heavy atom. The number of carboxylic acids is 1. The van der Waals surface area contributed by atoms with Crippen LogP contribution in [0.4, 0.5) is 5.69 Å². The minimum Gasteiger partial charge on any atom is -0.481 e. The predicted octanol–water partition coefficient (Wildman–Crippen LogP) is 3.36. The van der Waals surface area contributed by atoms with Crippen LogP contribution in [-0.4, -0.2) is 22.0 Å². The molecule has 116 valence electrons. The van der Waals surface area contributed by atoms with Gasteiger partial charge in [-0.3, -0.25) is 9.59 Å². The highest BCUT2D eigenvalue weighted by molar-refractivity contribution is 6.05. The summed E-state index contributed by atoms with van der Waals surface area (Å²) in [5.74, 6) is -1.05. The van der Waals surface area contributed by atoms with Crippen LogP contribution >= 0.6 is 0 Å². The zero-order valence-corrected chi connectivity index (χ0v) is 12.6. The van der Waals surface area contributed by atoms with Crippen molar-refractivity contribution in [1.29, 1.82) is 0 Å². The van der Waals surface area contributed by atoms with E-state index in [0.717, 1.165) is 22.2 Å². The van der Waals surface area contributed by atoms with Gasteiger partial charge in [0, 0.05) is 27.8 Å². The number of nitrogens with one attached hydrogen (secondary N) is 2. The Bertz CT molecular complexity index is 882. The molecule has 3 rings (SSSR count). The number of H-pyrrole nitrogens is 1. The van der Waals surface area contributed by atoms with Crippen LogP contribution in [0.2, 0.25) is 0 Å². The highest BCUT2D eigenvalue weighted by atomic mass is 16.4. The van der Waals surface area contributed by atoms with Gasteiger partial charge in [0.2, 0.25) is 0 Å². The molecule has 0 fully saturated rings. The van der Waals surface area contributed by atoms with Crippen molar-refractivity contribution in [1.82, 2.24) is 4.98 Å². The highest BCUT2D eigenvalue weighted by Crippen LogP contribution is 2.25. The maximum atomic E-state index is 12.2. The van der Waals surface area contributed by atoms with Crippen molar-refractivity contribution in [3.8, 4) is 0 Å². The van der Waals surface area contributed by atoms with Crippen LogP contribution in [0.5, 0.6) is 0 Å². The lowest BCUT2D eigenvalue weighted by atomic mass is 10.1. The maximum absolute atomic E-state index is 12.2. The van der Waals surface area contributed by atoms with E-state index >= 15 is 0 Å². The molecule has 1 amide bonds. The number of aromatic amines is 1. The monoisotopic (exact) mass is 308 g/mol. The van der Waals surface area contributed by atoms with E-state index < -0.39 is 5.97 Å². The fourth-order valence-electron chi connectivity index (χ4n) is 2.64. The standard InChI is InChI=1S/C18H16N2O3/c1-11-15(10-17(21)22)14-8-7-13(9-16(14)19-11)20-18(23)12-5-3-2-4-6-12/h2-9,19H,10H2,1H3,(H,20,23)(H,21,22). The summed E-state index contributed by atoms with van der Waals surface area (Å²) >= 11 is 0. The summed E-state index contributed by atoms with van der Waals surface area (Å²) < 4.78 is 0. The van der Waals surface area contributed by atoms with Crippen molar-refractivity contribution in [2.45, 2.75) is 13.3 Å². The molecule has 0 aliphatic carbocycles. The molecule has 0 saturated heterocycles. The number of rotatable bonds is 4. The average Bonchev–Trinajstić information content (AvgIpc) is 2.83. The molecule has 0 saturated carbocycles. The van der Waals surface area contributed by atoms with Gasteiger partial charge in [-0.2, -0.15) is 0 Å². The summed E-state index contributed by atoms with van der Waals surface area (Å²) in [7, 11) is 0. The molecule has 5 nitrogen and oxygen atoms in total. The Kier molecular flexibility index (Phi) is 3.85. The topological polar surface area (TPSA) is 82.2 Å². The molecular weight excluding hydrogens is 292 g/mol. The highest BCUT2D eigenvalue weighted by Gasteiger charge is 2.13. The zero-order valence-electron chi connectivity index (χ0n) is 12.6. The lowest BCUT2D eigenvalue weighted by Gasteiger charge is -2.05. The first-order valence-corrected chi connectivity index (χ1v) is 7.24. The van der Waals surface area contributed by atoms with Gasteiger partial charge in [0.05, 0.1) is 6.42 Å². The Balaban J connectivity index is 1.89. The number of carbonyl (C=O) groups is 2. The van der Waals surface area contributed by atoms with Crippen LogP contribution in [0.25, 0.3) is 10.9 Å². The molecule has 23 heavy (non-hydrogen) atoms. The van der Waals surface area contributed by atoms with Gasteiger partial charge in [0.25, 0.3) is 5.91 Å². The molecule has 0 bridgehead atoms. The van der Waals surface area contributed by atoms with E-state index in [2.05, 4.69) is 10.3 Å². The lowest BCUT2D eigenvalue weighted by molar-refractivity contribution is -0.136. The minimum absolute atomic E-state index is 0.0262. The fraction of sp³-hybridized carbons (Fsp3) is 0.111. The molecule has 0 unspecified atom stereocenters. The van der Waals surface area contributed by atoms with E-state index in [-0.39, 0.29) is 12.3 Å². The molecule has 3 N–H and O–H groups in total. The molecule has 1 aromatic heterocycles. The van der Waals surface area contributed by atoms with Gasteiger partial charge in [-0.1, -0.05) is 24.3 Å². The van der Waals surface area contributed by atoms with E-state index in [1.165, 1.54) is 0 Å². The van der Waals surface area contributed by atoms with Crippen molar-refractivity contribution < 1.29 is 14.7 Å². The number of benzene rings is 2. The molecule has 0 atom stereocenters. The summed E-state index contributed by atoms with van der Waals surface area (Å²) in [6, 6.07) is 14.4. The number of anilines is 1. The van der Waals surface area contributed by atoms with Gasteiger partial charge in [0.15, 0.2) is 0 Å². The molecule has 0 radical (unpaired) electrons. The average molecular weight is 308 g/mol. The SMILES string of the molecule is Cc1[nH]c2cc(NC(=O)c3ccccc3)ccc2c1CC(=O)O. The summed E-state index contributed by atoms with van der Waals surface area (Å²) in [6.45, 7) is 1.85. The first-order valence-electron chi connectivity index (χ1n) is 7.24. The number of aliphatic carboxylic acids is 1. The van der Waals surface area contributed by atoms with Gasteiger partial charge in [-0.25, -0.2) is 0 Å². The molecule has 5 heteroatoms. The van der Waals surface area contributed by atoms with Crippen LogP contribution in [0.1, 0.15) is 21.6 Å². The first kappa shape index (κ1) is 14.8. The zero-order chi connectivity index (χ0) is 16.4. The van der Waals surface area contributed by atoms with Gasteiger partial charge in [0.1, 0.15) is 0 Å². The first-order chi connectivity index (χ1) is 11.0. The number of carbonyl (C=O) groups excluding carboxylic acids is 1. The molecule has 0 aliphatic rings. The number of aromatic nitrogens is 1. The summed E-state index contributed by atoms with van der Waals surface area (Å²) in [5.41, 5.74) is 3.66. The third-order valence-corrected chi connectivity index (χ3v) is 3.74. The van der Waals surface area contributed by atoms with Crippen molar-refractivity contribution in [3.05, 3.63) is 65.4 Å². The lowest BCUT2D eigenvalue weighted by Crippen LogP contribution is -2.11. The molecule has 3 aromatic rings. The Morgan fingerprint density at radius 1 is 1.13 bits per heavy atom. The second-order valence-corrected chi connectivity index (χ2v) is 5.38. The van der Waals surface area contributed by atoms with Crippen molar-refractivity contribution >= 4 is 28.5 Å². The van der Waals surface area contributed by atoms with Crippen LogP contribution < -0.4 is 5.32 Å². The molecular formula is C18H16N2O3. The summed E-state index contributed by atoms with van der Waals surface area (Å²) in [5, 5.41) is 12.7. The Labute approximate surface area is 133 Å². The van der Waals surface area contributed by atoms with Crippen molar-refractivity contribution in [2.24, 2.45) is 0 Å². The maximum Gasteiger partial charge on any atom is 0.307 e. The quantitative estimate of drug-likeness (QED) is 0.691. The van der Waals surface area contributed by atoms with E-state index in [0.29, 0.717) is 11.3 Å². The number of amides is 1. The number of hydrogen-bond acceptors (Lipinski definition) is 2. The molecule has 2 aromatic carbocycles. The summed E-state index contributed by atoms with van der Waals surface area (Å²) in [6.07, 6.45) is -0.0262. The predicted molar refractivity (Wildman–Crippen MR) is 88.8 cm³/mol. The second-order valence-electron chi connectivity index (χ2n) is 5.38. The number of aryl methyl sites for hydroxylation is 1. The largest absolute Gasteiger partial charge is 0.481 e. The molecule has 1 heterocycles. The third-order valence-electron chi connectivity index (χ3n) is 3.74. The van der Waals surface area contributed by atoms with Crippen molar-refractivity contribution in [3.63, 3.8) is 0 Å². The van der Waals surface area contributed by atoms with Gasteiger partial charge < -0.3 is 15.4 Å². The van der Waals surface area contributed by atoms with Crippen LogP contribution in [-0.2, 0) is 11.2 Å². The van der Waals surface area contributed by atoms with Crippen molar-refractivity contribution in [2.75, 3.05) is 5.32 Å². The third kappa shape index (κ3) is 3.08. The van der Waals surface area contributed by atoms with Crippen LogP contribution in [0.3, 0.4) is 0 Å². The van der Waals surface area contributed by atoms with Gasteiger partial charge in [-0.05, 0) is 36.8 Å².